The highest BCUT2D eigenvalue weighted by Crippen LogP contribution is 2.44. The zero-order valence-corrected chi connectivity index (χ0v) is 22.2. The molecule has 0 aliphatic rings. The van der Waals surface area contributed by atoms with Crippen molar-refractivity contribution < 1.29 is 44.3 Å². The summed E-state index contributed by atoms with van der Waals surface area (Å²) < 4.78 is 128. The number of halogens is 9. The first-order valence-electron chi connectivity index (χ1n) is 12.1. The van der Waals surface area contributed by atoms with Gasteiger partial charge in [0.15, 0.2) is 0 Å². The molecule has 42 heavy (non-hydrogen) atoms. The molecular formula is C27H22F9N5O. The number of methoxy groups -OCH3 is 1. The van der Waals surface area contributed by atoms with E-state index in [9.17, 15) is 39.5 Å². The predicted octanol–water partition coefficient (Wildman–Crippen LogP) is 7.46. The van der Waals surface area contributed by atoms with Gasteiger partial charge in [0.25, 0.3) is 5.95 Å². The van der Waals surface area contributed by atoms with Crippen molar-refractivity contribution in [2.45, 2.75) is 38.5 Å². The molecule has 4 rings (SSSR count). The van der Waals surface area contributed by atoms with Gasteiger partial charge in [-0.25, -0.2) is 0 Å². The van der Waals surface area contributed by atoms with Gasteiger partial charge in [0.1, 0.15) is 5.75 Å². The molecule has 15 heteroatoms. The third-order valence-electron chi connectivity index (χ3n) is 6.21. The van der Waals surface area contributed by atoms with Gasteiger partial charge in [-0.1, -0.05) is 29.4 Å². The molecule has 224 valence electrons. The van der Waals surface area contributed by atoms with Crippen LogP contribution in [0.2, 0.25) is 0 Å². The number of hydrogen-bond acceptors (Lipinski definition) is 5. The second-order valence-electron chi connectivity index (χ2n) is 9.40. The first-order valence-corrected chi connectivity index (χ1v) is 12.1. The van der Waals surface area contributed by atoms with Crippen LogP contribution >= 0.6 is 0 Å². The van der Waals surface area contributed by atoms with Gasteiger partial charge < -0.3 is 9.64 Å². The van der Waals surface area contributed by atoms with E-state index in [0.717, 1.165) is 18.0 Å². The lowest BCUT2D eigenvalue weighted by atomic mass is 9.94. The first kappa shape index (κ1) is 30.7. The van der Waals surface area contributed by atoms with Crippen molar-refractivity contribution in [2.24, 2.45) is 7.05 Å². The Labute approximate surface area is 233 Å². The van der Waals surface area contributed by atoms with Crippen LogP contribution in [0.25, 0.3) is 11.1 Å². The molecule has 0 aliphatic carbocycles. The zero-order chi connectivity index (χ0) is 31.0. The van der Waals surface area contributed by atoms with Crippen LogP contribution in [0.5, 0.6) is 5.75 Å². The molecule has 0 amide bonds. The smallest absolute Gasteiger partial charge is 0.419 e. The number of tetrazole rings is 1. The molecule has 0 aliphatic heterocycles. The topological polar surface area (TPSA) is 56.1 Å². The van der Waals surface area contributed by atoms with E-state index in [1.807, 2.05) is 0 Å². The molecule has 6 nitrogen and oxygen atoms in total. The molecule has 0 bridgehead atoms. The predicted molar refractivity (Wildman–Crippen MR) is 133 cm³/mol. The Kier molecular flexibility index (Phi) is 8.16. The molecule has 0 fully saturated rings. The molecule has 0 saturated heterocycles. The molecule has 4 aromatic rings. The molecular weight excluding hydrogens is 581 g/mol. The summed E-state index contributed by atoms with van der Waals surface area (Å²) in [6, 6.07) is 9.86. The van der Waals surface area contributed by atoms with E-state index in [1.54, 1.807) is 18.2 Å². The van der Waals surface area contributed by atoms with Gasteiger partial charge in [-0.05, 0) is 64.7 Å². The minimum absolute atomic E-state index is 0.0198. The van der Waals surface area contributed by atoms with Crippen molar-refractivity contribution in [3.63, 3.8) is 0 Å². The quantitative estimate of drug-likeness (QED) is 0.205. The zero-order valence-electron chi connectivity index (χ0n) is 22.2. The number of hydrogen-bond donors (Lipinski definition) is 0. The van der Waals surface area contributed by atoms with Gasteiger partial charge in [-0.3, -0.25) is 0 Å². The third kappa shape index (κ3) is 6.77. The average Bonchev–Trinajstić information content (AvgIpc) is 3.32. The van der Waals surface area contributed by atoms with Crippen LogP contribution < -0.4 is 9.64 Å². The number of aryl methyl sites for hydroxylation is 2. The van der Waals surface area contributed by atoms with Crippen LogP contribution in [0.1, 0.15) is 33.4 Å². The average molecular weight is 603 g/mol. The Morgan fingerprint density at radius 2 is 1.40 bits per heavy atom. The molecule has 1 aromatic heterocycles. The van der Waals surface area contributed by atoms with Crippen molar-refractivity contribution in [3.05, 3.63) is 88.0 Å². The minimum atomic E-state index is -5.06. The molecule has 1 heterocycles. The highest BCUT2D eigenvalue weighted by Gasteiger charge is 2.38. The standard InChI is InChI=1S/C27H22F9N5O/c1-15-8-21(23(42-3)22(9-15)27(34,35)36)20-7-5-4-6-17(20)14-41(24-37-39-40(2)38-24)13-16-10-18(25(28,29)30)12-19(11-16)26(31,32)33/h4-12H,13-14H2,1-3H3. The maximum atomic E-state index is 13.8. The second kappa shape index (κ2) is 11.2. The molecule has 0 unspecified atom stereocenters. The fourth-order valence-corrected chi connectivity index (χ4v) is 4.46. The summed E-state index contributed by atoms with van der Waals surface area (Å²) in [7, 11) is 2.50. The fraction of sp³-hybridized carbons (Fsp3) is 0.296. The van der Waals surface area contributed by atoms with Crippen LogP contribution in [0, 0.1) is 6.92 Å². The van der Waals surface area contributed by atoms with Gasteiger partial charge in [0.2, 0.25) is 0 Å². The monoisotopic (exact) mass is 603 g/mol. The summed E-state index contributed by atoms with van der Waals surface area (Å²) in [6.45, 7) is 0.728. The minimum Gasteiger partial charge on any atom is -0.495 e. The number of nitrogens with zero attached hydrogens (tertiary/aromatic N) is 5. The lowest BCUT2D eigenvalue weighted by Gasteiger charge is -2.24. The van der Waals surface area contributed by atoms with E-state index in [0.29, 0.717) is 17.7 Å². The Hall–Kier alpha value is -4.30. The Bertz CT molecular complexity index is 1540. The Morgan fingerprint density at radius 3 is 1.93 bits per heavy atom. The largest absolute Gasteiger partial charge is 0.495 e. The van der Waals surface area contributed by atoms with E-state index < -0.39 is 47.5 Å². The van der Waals surface area contributed by atoms with Crippen molar-refractivity contribution in [2.75, 3.05) is 12.0 Å². The Balaban J connectivity index is 1.84. The highest BCUT2D eigenvalue weighted by molar-refractivity contribution is 5.76. The van der Waals surface area contributed by atoms with Gasteiger partial charge in [0, 0.05) is 18.7 Å². The fourth-order valence-electron chi connectivity index (χ4n) is 4.46. The van der Waals surface area contributed by atoms with Gasteiger partial charge in [-0.15, -0.1) is 5.10 Å². The summed E-state index contributed by atoms with van der Waals surface area (Å²) in [5, 5.41) is 11.6. The summed E-state index contributed by atoms with van der Waals surface area (Å²) in [5.41, 5.74) is -3.33. The van der Waals surface area contributed by atoms with Crippen LogP contribution in [0.3, 0.4) is 0 Å². The van der Waals surface area contributed by atoms with E-state index in [1.165, 1.54) is 31.0 Å². The summed E-state index contributed by atoms with van der Waals surface area (Å²) in [4.78, 5) is 2.31. The summed E-state index contributed by atoms with van der Waals surface area (Å²) in [5.74, 6) is -0.581. The number of aromatic nitrogens is 4. The molecule has 0 spiro atoms. The van der Waals surface area contributed by atoms with Gasteiger partial charge in [-0.2, -0.15) is 44.3 Å². The van der Waals surface area contributed by atoms with Crippen molar-refractivity contribution >= 4 is 5.95 Å². The molecule has 0 saturated carbocycles. The molecule has 0 atom stereocenters. The maximum absolute atomic E-state index is 13.8. The second-order valence-corrected chi connectivity index (χ2v) is 9.40. The number of anilines is 1. The van der Waals surface area contributed by atoms with E-state index in [2.05, 4.69) is 15.4 Å². The van der Waals surface area contributed by atoms with E-state index in [-0.39, 0.29) is 40.8 Å². The van der Waals surface area contributed by atoms with Gasteiger partial charge >= 0.3 is 18.5 Å². The maximum Gasteiger partial charge on any atom is 0.419 e. The number of ether oxygens (including phenoxy) is 1. The van der Waals surface area contributed by atoms with Crippen LogP contribution in [-0.2, 0) is 38.7 Å². The van der Waals surface area contributed by atoms with E-state index in [4.69, 9.17) is 4.74 Å². The highest BCUT2D eigenvalue weighted by atomic mass is 19.4. The lowest BCUT2D eigenvalue weighted by molar-refractivity contribution is -0.143. The third-order valence-corrected chi connectivity index (χ3v) is 6.21. The Morgan fingerprint density at radius 1 is 0.786 bits per heavy atom. The van der Waals surface area contributed by atoms with Crippen molar-refractivity contribution in [3.8, 4) is 16.9 Å². The molecule has 3 aromatic carbocycles. The summed E-state index contributed by atoms with van der Waals surface area (Å²) >= 11 is 0. The van der Waals surface area contributed by atoms with Crippen LogP contribution in [0.15, 0.2) is 54.6 Å². The number of rotatable bonds is 7. The first-order chi connectivity index (χ1) is 19.5. The van der Waals surface area contributed by atoms with Gasteiger partial charge in [0.05, 0.1) is 30.8 Å². The lowest BCUT2D eigenvalue weighted by Crippen LogP contribution is -2.25. The van der Waals surface area contributed by atoms with Crippen LogP contribution in [-0.4, -0.2) is 27.3 Å². The van der Waals surface area contributed by atoms with Crippen molar-refractivity contribution in [1.82, 2.24) is 20.2 Å². The van der Waals surface area contributed by atoms with E-state index >= 15 is 0 Å². The molecule has 0 radical (unpaired) electrons. The van der Waals surface area contributed by atoms with Crippen LogP contribution in [0.4, 0.5) is 45.5 Å². The summed E-state index contributed by atoms with van der Waals surface area (Å²) in [6.07, 6.45) is -14.9. The number of alkyl halides is 9. The van der Waals surface area contributed by atoms with Crippen molar-refractivity contribution in [1.29, 1.82) is 0 Å². The number of benzene rings is 3. The SMILES string of the molecule is COc1c(-c2ccccc2CN(Cc2cc(C(F)(F)F)cc(C(F)(F)F)c2)c2nnn(C)n2)cc(C)cc1C(F)(F)F. The normalized spacial score (nSPS) is 12.5. The molecule has 0 N–H and O–H groups in total.